The summed E-state index contributed by atoms with van der Waals surface area (Å²) in [5.41, 5.74) is 3.85. The summed E-state index contributed by atoms with van der Waals surface area (Å²) in [5, 5.41) is 15.2. The lowest BCUT2D eigenvalue weighted by Crippen LogP contribution is -2.14. The van der Waals surface area contributed by atoms with Crippen molar-refractivity contribution in [2.24, 2.45) is 0 Å². The molecule has 0 aliphatic rings. The molecule has 1 amide bonds. The molecule has 0 radical (unpaired) electrons. The number of benzene rings is 3. The van der Waals surface area contributed by atoms with Gasteiger partial charge in [0.05, 0.1) is 12.9 Å². The summed E-state index contributed by atoms with van der Waals surface area (Å²) in [6.45, 7) is 2.12. The van der Waals surface area contributed by atoms with E-state index in [-0.39, 0.29) is 17.7 Å². The maximum absolute atomic E-state index is 12.5. The van der Waals surface area contributed by atoms with Gasteiger partial charge in [0.2, 0.25) is 5.91 Å². The van der Waals surface area contributed by atoms with Crippen LogP contribution in [0.3, 0.4) is 0 Å². The Morgan fingerprint density at radius 1 is 1.00 bits per heavy atom. The molecule has 7 nitrogen and oxygen atoms in total. The molecule has 0 aliphatic heterocycles. The predicted octanol–water partition coefficient (Wildman–Crippen LogP) is 5.18. The first kappa shape index (κ1) is 22.4. The van der Waals surface area contributed by atoms with Crippen molar-refractivity contribution in [3.05, 3.63) is 90.8 Å². The lowest BCUT2D eigenvalue weighted by molar-refractivity contribution is -0.113. The molecule has 4 aromatic rings. The molecule has 4 rings (SSSR count). The number of carbonyl (C=O) groups excluding carboxylic acids is 1. The molecule has 1 unspecified atom stereocenters. The SMILES string of the molecule is COc1ccc(-n2cnnc2SCC(=O)Nc2ccc(NC(C)c3ccccc3)cc2)cc1. The van der Waals surface area contributed by atoms with Gasteiger partial charge < -0.3 is 15.4 Å². The molecule has 168 valence electrons. The number of anilines is 2. The smallest absolute Gasteiger partial charge is 0.234 e. The quantitative estimate of drug-likeness (QED) is 0.336. The number of aromatic nitrogens is 3. The third-order valence-electron chi connectivity index (χ3n) is 5.05. The number of nitrogens with zero attached hydrogens (tertiary/aromatic N) is 3. The fourth-order valence-corrected chi connectivity index (χ4v) is 4.02. The maximum atomic E-state index is 12.5. The van der Waals surface area contributed by atoms with Gasteiger partial charge in [0, 0.05) is 23.1 Å². The molecule has 0 spiro atoms. The highest BCUT2D eigenvalue weighted by molar-refractivity contribution is 7.99. The van der Waals surface area contributed by atoms with Crippen LogP contribution in [0.4, 0.5) is 11.4 Å². The largest absolute Gasteiger partial charge is 0.497 e. The minimum atomic E-state index is -0.109. The molecular weight excluding hydrogens is 434 g/mol. The zero-order chi connectivity index (χ0) is 23.0. The van der Waals surface area contributed by atoms with Gasteiger partial charge in [-0.1, -0.05) is 42.1 Å². The lowest BCUT2D eigenvalue weighted by atomic mass is 10.1. The van der Waals surface area contributed by atoms with E-state index in [1.54, 1.807) is 13.4 Å². The minimum Gasteiger partial charge on any atom is -0.497 e. The Kier molecular flexibility index (Phi) is 7.26. The summed E-state index contributed by atoms with van der Waals surface area (Å²) in [6.07, 6.45) is 1.63. The highest BCUT2D eigenvalue weighted by Gasteiger charge is 2.11. The lowest BCUT2D eigenvalue weighted by Gasteiger charge is -2.16. The molecular formula is C25H25N5O2S. The fourth-order valence-electron chi connectivity index (χ4n) is 3.29. The number of rotatable bonds is 9. The summed E-state index contributed by atoms with van der Waals surface area (Å²) in [4.78, 5) is 12.5. The second-order valence-electron chi connectivity index (χ2n) is 7.37. The molecule has 2 N–H and O–H groups in total. The Morgan fingerprint density at radius 3 is 2.39 bits per heavy atom. The molecule has 3 aromatic carbocycles. The number of thioether (sulfide) groups is 1. The zero-order valence-electron chi connectivity index (χ0n) is 18.4. The first-order chi connectivity index (χ1) is 16.1. The van der Waals surface area contributed by atoms with Crippen LogP contribution in [-0.4, -0.2) is 33.5 Å². The Balaban J connectivity index is 1.30. The molecule has 0 fully saturated rings. The maximum Gasteiger partial charge on any atom is 0.234 e. The van der Waals surface area contributed by atoms with E-state index in [0.717, 1.165) is 22.8 Å². The predicted molar refractivity (Wildman–Crippen MR) is 132 cm³/mol. The number of hydrogen-bond acceptors (Lipinski definition) is 6. The minimum absolute atomic E-state index is 0.109. The van der Waals surface area contributed by atoms with Crippen molar-refractivity contribution in [3.8, 4) is 11.4 Å². The van der Waals surface area contributed by atoms with E-state index in [1.807, 2.05) is 71.3 Å². The van der Waals surface area contributed by atoms with Crippen LogP contribution in [0.2, 0.25) is 0 Å². The van der Waals surface area contributed by atoms with E-state index in [1.165, 1.54) is 17.3 Å². The van der Waals surface area contributed by atoms with Crippen LogP contribution in [-0.2, 0) is 4.79 Å². The molecule has 33 heavy (non-hydrogen) atoms. The van der Waals surface area contributed by atoms with Crippen LogP contribution in [0.25, 0.3) is 5.69 Å². The van der Waals surface area contributed by atoms with Gasteiger partial charge in [-0.25, -0.2) is 0 Å². The molecule has 0 aliphatic carbocycles. The number of ether oxygens (including phenoxy) is 1. The van der Waals surface area contributed by atoms with Crippen molar-refractivity contribution in [2.45, 2.75) is 18.1 Å². The number of carbonyl (C=O) groups is 1. The molecule has 1 aromatic heterocycles. The Bertz CT molecular complexity index is 1180. The first-order valence-electron chi connectivity index (χ1n) is 10.5. The molecule has 0 bridgehead atoms. The Hall–Kier alpha value is -3.78. The molecule has 0 saturated carbocycles. The van der Waals surface area contributed by atoms with Crippen molar-refractivity contribution < 1.29 is 9.53 Å². The zero-order valence-corrected chi connectivity index (χ0v) is 19.3. The van der Waals surface area contributed by atoms with Gasteiger partial charge in [0.25, 0.3) is 0 Å². The van der Waals surface area contributed by atoms with Crippen LogP contribution in [0.5, 0.6) is 5.75 Å². The number of methoxy groups -OCH3 is 1. The fraction of sp³-hybridized carbons (Fsp3) is 0.160. The first-order valence-corrected chi connectivity index (χ1v) is 11.5. The molecule has 1 atom stereocenters. The average Bonchev–Trinajstić information content (AvgIpc) is 3.33. The van der Waals surface area contributed by atoms with Crippen LogP contribution >= 0.6 is 11.8 Å². The van der Waals surface area contributed by atoms with Crippen molar-refractivity contribution >= 4 is 29.0 Å². The molecule has 1 heterocycles. The number of nitrogens with one attached hydrogen (secondary N) is 2. The second-order valence-corrected chi connectivity index (χ2v) is 8.31. The topological polar surface area (TPSA) is 81.1 Å². The van der Waals surface area contributed by atoms with Gasteiger partial charge in [0.1, 0.15) is 12.1 Å². The van der Waals surface area contributed by atoms with Gasteiger partial charge in [-0.2, -0.15) is 0 Å². The average molecular weight is 460 g/mol. The van der Waals surface area contributed by atoms with E-state index in [9.17, 15) is 4.79 Å². The number of hydrogen-bond donors (Lipinski definition) is 2. The summed E-state index contributed by atoms with van der Waals surface area (Å²) in [5.74, 6) is 0.888. The highest BCUT2D eigenvalue weighted by atomic mass is 32.2. The Labute approximate surface area is 197 Å². The summed E-state index contributed by atoms with van der Waals surface area (Å²) >= 11 is 1.33. The van der Waals surface area contributed by atoms with Gasteiger partial charge in [0.15, 0.2) is 5.16 Å². The van der Waals surface area contributed by atoms with E-state index in [4.69, 9.17) is 4.74 Å². The monoisotopic (exact) mass is 459 g/mol. The molecule has 0 saturated heterocycles. The van der Waals surface area contributed by atoms with Crippen LogP contribution in [0.1, 0.15) is 18.5 Å². The summed E-state index contributed by atoms with van der Waals surface area (Å²) in [6, 6.07) is 25.7. The van der Waals surface area contributed by atoms with Gasteiger partial charge in [-0.3, -0.25) is 9.36 Å². The van der Waals surface area contributed by atoms with Crippen molar-refractivity contribution in [1.82, 2.24) is 14.8 Å². The molecule has 8 heteroatoms. The van der Waals surface area contributed by atoms with E-state index < -0.39 is 0 Å². The van der Waals surface area contributed by atoms with Crippen molar-refractivity contribution in [2.75, 3.05) is 23.5 Å². The van der Waals surface area contributed by atoms with E-state index >= 15 is 0 Å². The standard InChI is InChI=1S/C25H25N5O2S/c1-18(19-6-4-3-5-7-19)27-20-8-10-21(11-9-20)28-24(31)16-33-25-29-26-17-30(25)22-12-14-23(32-2)15-13-22/h3-15,17-18,27H,16H2,1-2H3,(H,28,31). The van der Waals surface area contributed by atoms with Crippen LogP contribution < -0.4 is 15.4 Å². The van der Waals surface area contributed by atoms with Gasteiger partial charge in [-0.15, -0.1) is 10.2 Å². The third kappa shape index (κ3) is 5.93. The third-order valence-corrected chi connectivity index (χ3v) is 5.99. The summed E-state index contributed by atoms with van der Waals surface area (Å²) in [7, 11) is 1.63. The normalized spacial score (nSPS) is 11.6. The van der Waals surface area contributed by atoms with Crippen LogP contribution in [0.15, 0.2) is 90.3 Å². The highest BCUT2D eigenvalue weighted by Crippen LogP contribution is 2.23. The van der Waals surface area contributed by atoms with Crippen LogP contribution in [0, 0.1) is 0 Å². The van der Waals surface area contributed by atoms with E-state index in [0.29, 0.717) is 5.16 Å². The van der Waals surface area contributed by atoms with E-state index in [2.05, 4.69) is 39.9 Å². The van der Waals surface area contributed by atoms with Gasteiger partial charge in [-0.05, 0) is 61.0 Å². The van der Waals surface area contributed by atoms with Crippen molar-refractivity contribution in [3.63, 3.8) is 0 Å². The Morgan fingerprint density at radius 2 is 1.70 bits per heavy atom. The van der Waals surface area contributed by atoms with Crippen molar-refractivity contribution in [1.29, 1.82) is 0 Å². The van der Waals surface area contributed by atoms with Gasteiger partial charge >= 0.3 is 0 Å². The summed E-state index contributed by atoms with van der Waals surface area (Å²) < 4.78 is 7.04. The number of amides is 1. The second kappa shape index (κ2) is 10.7.